The van der Waals surface area contributed by atoms with Gasteiger partial charge in [0.25, 0.3) is 0 Å². The molecule has 0 bridgehead atoms. The third-order valence-corrected chi connectivity index (χ3v) is 6.57. The number of hydrogen-bond donors (Lipinski definition) is 0. The molecule has 0 amide bonds. The monoisotopic (exact) mass is 469 g/mol. The summed E-state index contributed by atoms with van der Waals surface area (Å²) in [4.78, 5) is 16.1. The summed E-state index contributed by atoms with van der Waals surface area (Å²) in [6.45, 7) is 7.81. The number of carbonyl (C=O) groups is 1. The van der Waals surface area contributed by atoms with E-state index in [1.54, 1.807) is 31.4 Å². The van der Waals surface area contributed by atoms with Crippen LogP contribution in [0.4, 0.5) is 0 Å². The number of furan rings is 1. The topological polar surface area (TPSA) is 61.1 Å². The Labute approximate surface area is 199 Å². The second kappa shape index (κ2) is 12.4. The molecule has 1 aromatic heterocycles. The minimum Gasteiger partial charge on any atom is -0.495 e. The number of benzene rings is 2. The van der Waals surface area contributed by atoms with Crippen LogP contribution in [0, 0.1) is 0 Å². The summed E-state index contributed by atoms with van der Waals surface area (Å²) in [5, 5.41) is 0. The number of carbonyl (C=O) groups excluding carboxylic acids is 1. The van der Waals surface area contributed by atoms with Crippen LogP contribution in [0.25, 0.3) is 11.1 Å². The highest BCUT2D eigenvalue weighted by Gasteiger charge is 2.23. The summed E-state index contributed by atoms with van der Waals surface area (Å²) in [7, 11) is 2.93. The number of rotatable bonds is 12. The standard InChI is InChI=1S/C26H31NO5S/c1-5-27(6-2)14-16-32-22-9-7-8-10-23(22)33-18-20-11-12-21(19-13-15-31-17-19)25(29-3)24(20)26(28)30-4/h7-13,15,17H,5-6,14,16,18H2,1-4H3. The van der Waals surface area contributed by atoms with Crippen molar-refractivity contribution in [3.8, 4) is 22.6 Å². The van der Waals surface area contributed by atoms with Crippen LogP contribution in [-0.4, -0.2) is 51.3 Å². The average Bonchev–Trinajstić information content (AvgIpc) is 3.39. The summed E-state index contributed by atoms with van der Waals surface area (Å²) in [5.74, 6) is 1.45. The number of nitrogens with zero attached hydrogens (tertiary/aromatic N) is 1. The second-order valence-electron chi connectivity index (χ2n) is 7.29. The molecule has 7 heteroatoms. The van der Waals surface area contributed by atoms with Gasteiger partial charge in [-0.25, -0.2) is 4.79 Å². The van der Waals surface area contributed by atoms with Crippen molar-refractivity contribution in [2.75, 3.05) is 40.5 Å². The maximum Gasteiger partial charge on any atom is 0.341 e. The molecule has 3 rings (SSSR count). The molecule has 176 valence electrons. The predicted octanol–water partition coefficient (Wildman–Crippen LogP) is 5.75. The number of ether oxygens (including phenoxy) is 3. The zero-order chi connectivity index (χ0) is 23.6. The van der Waals surface area contributed by atoms with Gasteiger partial charge in [0.15, 0.2) is 0 Å². The van der Waals surface area contributed by atoms with E-state index in [9.17, 15) is 4.79 Å². The van der Waals surface area contributed by atoms with Gasteiger partial charge in [0.05, 0.1) is 26.7 Å². The molecule has 6 nitrogen and oxygen atoms in total. The van der Waals surface area contributed by atoms with Crippen molar-refractivity contribution in [2.24, 2.45) is 0 Å². The van der Waals surface area contributed by atoms with E-state index in [-0.39, 0.29) is 0 Å². The van der Waals surface area contributed by atoms with Crippen LogP contribution in [0.2, 0.25) is 0 Å². The van der Waals surface area contributed by atoms with Gasteiger partial charge >= 0.3 is 5.97 Å². The molecule has 3 aromatic rings. The third kappa shape index (κ3) is 6.12. The molecule has 0 spiro atoms. The lowest BCUT2D eigenvalue weighted by Gasteiger charge is -2.19. The van der Waals surface area contributed by atoms with Gasteiger partial charge in [-0.1, -0.05) is 38.1 Å². The number of hydrogen-bond acceptors (Lipinski definition) is 7. The Bertz CT molecular complexity index is 1030. The number of esters is 1. The first-order chi connectivity index (χ1) is 16.1. The molecule has 0 aliphatic carbocycles. The number of thioether (sulfide) groups is 1. The van der Waals surface area contributed by atoms with Gasteiger partial charge in [0, 0.05) is 28.3 Å². The lowest BCUT2D eigenvalue weighted by atomic mass is 9.99. The van der Waals surface area contributed by atoms with Crippen LogP contribution in [-0.2, 0) is 10.5 Å². The zero-order valence-corrected chi connectivity index (χ0v) is 20.4. The Kier molecular flexibility index (Phi) is 9.27. The molecule has 0 atom stereocenters. The summed E-state index contributed by atoms with van der Waals surface area (Å²) in [6, 6.07) is 13.7. The largest absolute Gasteiger partial charge is 0.495 e. The Balaban J connectivity index is 1.82. The Morgan fingerprint density at radius 1 is 1.06 bits per heavy atom. The van der Waals surface area contributed by atoms with Crippen molar-refractivity contribution in [1.82, 2.24) is 4.90 Å². The van der Waals surface area contributed by atoms with Crippen LogP contribution in [0.3, 0.4) is 0 Å². The van der Waals surface area contributed by atoms with Crippen molar-refractivity contribution >= 4 is 17.7 Å². The van der Waals surface area contributed by atoms with Crippen molar-refractivity contribution in [3.05, 3.63) is 66.1 Å². The zero-order valence-electron chi connectivity index (χ0n) is 19.6. The van der Waals surface area contributed by atoms with Crippen molar-refractivity contribution in [3.63, 3.8) is 0 Å². The van der Waals surface area contributed by atoms with Gasteiger partial charge in [-0.3, -0.25) is 0 Å². The molecule has 0 N–H and O–H groups in total. The maximum atomic E-state index is 12.7. The Morgan fingerprint density at radius 3 is 2.52 bits per heavy atom. The lowest BCUT2D eigenvalue weighted by molar-refractivity contribution is 0.0596. The van der Waals surface area contributed by atoms with E-state index < -0.39 is 5.97 Å². The van der Waals surface area contributed by atoms with E-state index in [1.807, 2.05) is 42.5 Å². The molecule has 0 aliphatic rings. The van der Waals surface area contributed by atoms with Crippen LogP contribution in [0.5, 0.6) is 11.5 Å². The summed E-state index contributed by atoms with van der Waals surface area (Å²) in [5.41, 5.74) is 2.86. The molecule has 2 aromatic carbocycles. The van der Waals surface area contributed by atoms with Gasteiger partial charge in [0.2, 0.25) is 0 Å². The molecule has 0 saturated carbocycles. The predicted molar refractivity (Wildman–Crippen MR) is 131 cm³/mol. The van der Waals surface area contributed by atoms with Crippen molar-refractivity contribution in [2.45, 2.75) is 24.5 Å². The van der Waals surface area contributed by atoms with Gasteiger partial charge in [-0.05, 0) is 36.9 Å². The van der Waals surface area contributed by atoms with Crippen molar-refractivity contribution in [1.29, 1.82) is 0 Å². The van der Waals surface area contributed by atoms with Crippen LogP contribution in [0.15, 0.2) is 64.3 Å². The summed E-state index contributed by atoms with van der Waals surface area (Å²) < 4.78 is 22.0. The first kappa shape index (κ1) is 24.7. The highest BCUT2D eigenvalue weighted by molar-refractivity contribution is 7.98. The fourth-order valence-electron chi connectivity index (χ4n) is 3.60. The Morgan fingerprint density at radius 2 is 1.85 bits per heavy atom. The molecule has 0 radical (unpaired) electrons. The van der Waals surface area contributed by atoms with Gasteiger partial charge in [-0.15, -0.1) is 11.8 Å². The first-order valence-corrected chi connectivity index (χ1v) is 12.0. The molecule has 0 fully saturated rings. The molecule has 0 unspecified atom stereocenters. The first-order valence-electron chi connectivity index (χ1n) is 11.0. The van der Waals surface area contributed by atoms with Crippen LogP contribution < -0.4 is 9.47 Å². The maximum absolute atomic E-state index is 12.7. The van der Waals surface area contributed by atoms with E-state index in [2.05, 4.69) is 18.7 Å². The molecule has 1 heterocycles. The highest BCUT2D eigenvalue weighted by atomic mass is 32.2. The number of methoxy groups -OCH3 is 2. The molecular weight excluding hydrogens is 438 g/mol. The van der Waals surface area contributed by atoms with E-state index in [1.165, 1.54) is 7.11 Å². The fraction of sp³-hybridized carbons (Fsp3) is 0.346. The smallest absolute Gasteiger partial charge is 0.341 e. The van der Waals surface area contributed by atoms with Gasteiger partial charge in [-0.2, -0.15) is 0 Å². The quantitative estimate of drug-likeness (QED) is 0.247. The normalized spacial score (nSPS) is 10.9. The van der Waals surface area contributed by atoms with Crippen LogP contribution in [0.1, 0.15) is 29.8 Å². The average molecular weight is 470 g/mol. The summed E-state index contributed by atoms with van der Waals surface area (Å²) >= 11 is 1.61. The van der Waals surface area contributed by atoms with E-state index in [4.69, 9.17) is 18.6 Å². The number of para-hydroxylation sites is 1. The SMILES string of the molecule is CCN(CC)CCOc1ccccc1SCc1ccc(-c2ccoc2)c(OC)c1C(=O)OC. The third-order valence-electron chi connectivity index (χ3n) is 5.46. The minimum absolute atomic E-state index is 0.422. The lowest BCUT2D eigenvalue weighted by Crippen LogP contribution is -2.27. The molecule has 33 heavy (non-hydrogen) atoms. The fourth-order valence-corrected chi connectivity index (χ4v) is 4.59. The van der Waals surface area contributed by atoms with E-state index in [0.29, 0.717) is 23.7 Å². The van der Waals surface area contributed by atoms with E-state index >= 15 is 0 Å². The second-order valence-corrected chi connectivity index (χ2v) is 8.31. The molecule has 0 aliphatic heterocycles. The molecular formula is C26H31NO5S. The highest BCUT2D eigenvalue weighted by Crippen LogP contribution is 2.39. The van der Waals surface area contributed by atoms with Crippen molar-refractivity contribution < 1.29 is 23.4 Å². The molecule has 0 saturated heterocycles. The summed E-state index contributed by atoms with van der Waals surface area (Å²) in [6.07, 6.45) is 3.21. The van der Waals surface area contributed by atoms with Crippen LogP contribution >= 0.6 is 11.8 Å². The van der Waals surface area contributed by atoms with E-state index in [0.717, 1.165) is 47.0 Å². The Hall–Kier alpha value is -2.90. The minimum atomic E-state index is -0.434. The number of likely N-dealkylation sites (N-methyl/N-ethyl adjacent to an activating group) is 1. The van der Waals surface area contributed by atoms with Gasteiger partial charge in [0.1, 0.15) is 23.7 Å². The van der Waals surface area contributed by atoms with Gasteiger partial charge < -0.3 is 23.5 Å².